The van der Waals surface area contributed by atoms with Gasteiger partial charge in [-0.1, -0.05) is 24.3 Å². The summed E-state index contributed by atoms with van der Waals surface area (Å²) in [6.45, 7) is 4.28. The molecule has 3 rings (SSSR count). The van der Waals surface area contributed by atoms with Crippen LogP contribution in [0.2, 0.25) is 0 Å². The highest BCUT2D eigenvalue weighted by Gasteiger charge is 2.33. The first-order valence-corrected chi connectivity index (χ1v) is 6.76. The zero-order chi connectivity index (χ0) is 14.3. The summed E-state index contributed by atoms with van der Waals surface area (Å²) >= 11 is 0. The van der Waals surface area contributed by atoms with E-state index in [4.69, 9.17) is 0 Å². The standard InChI is InChI=1S/C17H17N3/c1-12-7-4-5-9-15(12)20-13(2)19(3)17-14(11-18)8-6-10-16(17)20/h4-10,13H,1-3H3/t13-/m0/s1. The number of aryl methyl sites for hydroxylation is 1. The number of para-hydroxylation sites is 2. The van der Waals surface area contributed by atoms with E-state index in [2.05, 4.69) is 60.0 Å². The number of hydrogen-bond donors (Lipinski definition) is 0. The second-order valence-corrected chi connectivity index (χ2v) is 5.18. The van der Waals surface area contributed by atoms with Crippen LogP contribution in [0.15, 0.2) is 42.5 Å². The molecule has 0 amide bonds. The predicted molar refractivity (Wildman–Crippen MR) is 82.3 cm³/mol. The minimum atomic E-state index is 0.195. The molecular weight excluding hydrogens is 246 g/mol. The lowest BCUT2D eigenvalue weighted by molar-refractivity contribution is 0.732. The Kier molecular flexibility index (Phi) is 2.87. The molecule has 3 nitrogen and oxygen atoms in total. The normalized spacial score (nSPS) is 17.0. The number of rotatable bonds is 1. The highest BCUT2D eigenvalue weighted by molar-refractivity contribution is 5.87. The molecule has 100 valence electrons. The maximum absolute atomic E-state index is 9.32. The van der Waals surface area contributed by atoms with Crippen molar-refractivity contribution >= 4 is 17.1 Å². The van der Waals surface area contributed by atoms with Crippen LogP contribution in [0.4, 0.5) is 17.1 Å². The fourth-order valence-corrected chi connectivity index (χ4v) is 2.91. The van der Waals surface area contributed by atoms with Crippen molar-refractivity contribution in [1.82, 2.24) is 0 Å². The summed E-state index contributed by atoms with van der Waals surface area (Å²) in [6.07, 6.45) is 0.195. The van der Waals surface area contributed by atoms with Gasteiger partial charge in [0.25, 0.3) is 0 Å². The molecule has 0 saturated carbocycles. The third kappa shape index (κ3) is 1.65. The third-order valence-electron chi connectivity index (χ3n) is 4.06. The summed E-state index contributed by atoms with van der Waals surface area (Å²) in [6, 6.07) is 16.6. The Bertz CT molecular complexity index is 700. The minimum absolute atomic E-state index is 0.195. The van der Waals surface area contributed by atoms with Crippen LogP contribution < -0.4 is 9.80 Å². The lowest BCUT2D eigenvalue weighted by Gasteiger charge is -2.28. The van der Waals surface area contributed by atoms with Gasteiger partial charge in [-0.25, -0.2) is 0 Å². The molecule has 0 fully saturated rings. The molecule has 2 aromatic carbocycles. The van der Waals surface area contributed by atoms with E-state index in [-0.39, 0.29) is 6.17 Å². The van der Waals surface area contributed by atoms with Crippen LogP contribution in [-0.4, -0.2) is 13.2 Å². The predicted octanol–water partition coefficient (Wildman–Crippen LogP) is 3.80. The van der Waals surface area contributed by atoms with Crippen LogP contribution >= 0.6 is 0 Å². The van der Waals surface area contributed by atoms with Gasteiger partial charge in [0, 0.05) is 12.7 Å². The van der Waals surface area contributed by atoms with Crippen LogP contribution in [0.3, 0.4) is 0 Å². The fraction of sp³-hybridized carbons (Fsp3) is 0.235. The topological polar surface area (TPSA) is 30.3 Å². The molecule has 1 aliphatic rings. The SMILES string of the molecule is Cc1ccccc1N1c2cccc(C#N)c2N(C)[C@@H]1C. The molecule has 2 aromatic rings. The Morgan fingerprint density at radius 1 is 1.05 bits per heavy atom. The first-order chi connectivity index (χ1) is 9.65. The van der Waals surface area contributed by atoms with Gasteiger partial charge >= 0.3 is 0 Å². The van der Waals surface area contributed by atoms with Gasteiger partial charge in [0.15, 0.2) is 0 Å². The Hall–Kier alpha value is -2.47. The average molecular weight is 263 g/mol. The molecule has 0 aliphatic carbocycles. The van der Waals surface area contributed by atoms with Crippen molar-refractivity contribution in [3.63, 3.8) is 0 Å². The van der Waals surface area contributed by atoms with Crippen LogP contribution in [0.1, 0.15) is 18.1 Å². The smallest absolute Gasteiger partial charge is 0.103 e. The first kappa shape index (κ1) is 12.6. The maximum atomic E-state index is 9.32. The van der Waals surface area contributed by atoms with Gasteiger partial charge in [-0.3, -0.25) is 0 Å². The molecule has 0 N–H and O–H groups in total. The molecule has 20 heavy (non-hydrogen) atoms. The third-order valence-corrected chi connectivity index (χ3v) is 4.06. The summed E-state index contributed by atoms with van der Waals surface area (Å²) in [5.74, 6) is 0. The molecule has 0 spiro atoms. The van der Waals surface area contributed by atoms with Crippen molar-refractivity contribution in [2.75, 3.05) is 16.8 Å². The summed E-state index contributed by atoms with van der Waals surface area (Å²) in [5, 5.41) is 9.32. The van der Waals surface area contributed by atoms with Crippen LogP contribution in [0, 0.1) is 18.3 Å². The molecule has 0 saturated heterocycles. The van der Waals surface area contributed by atoms with Gasteiger partial charge in [0.05, 0.1) is 16.9 Å². The second kappa shape index (κ2) is 4.57. The molecule has 0 unspecified atom stereocenters. The van der Waals surface area contributed by atoms with Crippen LogP contribution in [-0.2, 0) is 0 Å². The van der Waals surface area contributed by atoms with E-state index in [0.29, 0.717) is 0 Å². The average Bonchev–Trinajstić information content (AvgIpc) is 2.72. The fourth-order valence-electron chi connectivity index (χ4n) is 2.91. The quantitative estimate of drug-likeness (QED) is 0.784. The van der Waals surface area contributed by atoms with Crippen molar-refractivity contribution in [3.8, 4) is 6.07 Å². The van der Waals surface area contributed by atoms with E-state index in [1.807, 2.05) is 19.2 Å². The Morgan fingerprint density at radius 2 is 1.75 bits per heavy atom. The van der Waals surface area contributed by atoms with Gasteiger partial charge in [0.2, 0.25) is 0 Å². The monoisotopic (exact) mass is 263 g/mol. The van der Waals surface area contributed by atoms with Crippen molar-refractivity contribution < 1.29 is 0 Å². The highest BCUT2D eigenvalue weighted by Crippen LogP contribution is 2.45. The number of benzene rings is 2. The van der Waals surface area contributed by atoms with E-state index in [0.717, 1.165) is 16.9 Å². The van der Waals surface area contributed by atoms with E-state index in [9.17, 15) is 5.26 Å². The summed E-state index contributed by atoms with van der Waals surface area (Å²) < 4.78 is 0. The molecule has 0 bridgehead atoms. The summed E-state index contributed by atoms with van der Waals surface area (Å²) in [4.78, 5) is 4.46. The van der Waals surface area contributed by atoms with Crippen LogP contribution in [0.25, 0.3) is 0 Å². The van der Waals surface area contributed by atoms with Gasteiger partial charge in [-0.2, -0.15) is 5.26 Å². The van der Waals surface area contributed by atoms with E-state index >= 15 is 0 Å². The lowest BCUT2D eigenvalue weighted by atomic mass is 10.1. The Morgan fingerprint density at radius 3 is 2.45 bits per heavy atom. The zero-order valence-corrected chi connectivity index (χ0v) is 12.0. The van der Waals surface area contributed by atoms with E-state index in [1.54, 1.807) is 0 Å². The highest BCUT2D eigenvalue weighted by atomic mass is 15.4. The van der Waals surface area contributed by atoms with Crippen molar-refractivity contribution in [2.24, 2.45) is 0 Å². The van der Waals surface area contributed by atoms with E-state index < -0.39 is 0 Å². The zero-order valence-electron chi connectivity index (χ0n) is 12.0. The molecule has 0 aromatic heterocycles. The number of fused-ring (bicyclic) bond motifs is 1. The number of anilines is 3. The van der Waals surface area contributed by atoms with Gasteiger partial charge < -0.3 is 9.80 Å². The van der Waals surface area contributed by atoms with Crippen molar-refractivity contribution in [3.05, 3.63) is 53.6 Å². The number of nitriles is 1. The molecule has 1 aliphatic heterocycles. The number of hydrogen-bond acceptors (Lipinski definition) is 3. The van der Waals surface area contributed by atoms with Crippen molar-refractivity contribution in [2.45, 2.75) is 20.0 Å². The number of nitrogens with zero attached hydrogens (tertiary/aromatic N) is 3. The Balaban J connectivity index is 2.22. The van der Waals surface area contributed by atoms with E-state index in [1.165, 1.54) is 11.3 Å². The molecular formula is C17H17N3. The lowest BCUT2D eigenvalue weighted by Crippen LogP contribution is -2.36. The largest absolute Gasteiger partial charge is 0.351 e. The molecule has 1 atom stereocenters. The first-order valence-electron chi connectivity index (χ1n) is 6.76. The molecule has 0 radical (unpaired) electrons. The molecule has 1 heterocycles. The van der Waals surface area contributed by atoms with Gasteiger partial charge in [-0.15, -0.1) is 0 Å². The van der Waals surface area contributed by atoms with Crippen LogP contribution in [0.5, 0.6) is 0 Å². The Labute approximate surface area is 119 Å². The minimum Gasteiger partial charge on any atom is -0.351 e. The molecule has 3 heteroatoms. The van der Waals surface area contributed by atoms with Gasteiger partial charge in [0.1, 0.15) is 12.2 Å². The maximum Gasteiger partial charge on any atom is 0.103 e. The van der Waals surface area contributed by atoms with Gasteiger partial charge in [-0.05, 0) is 37.6 Å². The summed E-state index contributed by atoms with van der Waals surface area (Å²) in [5.41, 5.74) is 5.29. The summed E-state index contributed by atoms with van der Waals surface area (Å²) in [7, 11) is 2.04. The second-order valence-electron chi connectivity index (χ2n) is 5.18. The van der Waals surface area contributed by atoms with Crippen molar-refractivity contribution in [1.29, 1.82) is 5.26 Å².